The normalized spacial score (nSPS) is 19.2. The molecule has 13 rings (SSSR count). The topological polar surface area (TPSA) is 291 Å². The van der Waals surface area contributed by atoms with E-state index in [4.69, 9.17) is 51.5 Å². The molecule has 534 valence electrons. The summed E-state index contributed by atoms with van der Waals surface area (Å²) in [6, 6.07) is 58.0. The molecule has 2 aliphatic heterocycles. The van der Waals surface area contributed by atoms with E-state index in [2.05, 4.69) is 46.6 Å². The van der Waals surface area contributed by atoms with E-state index in [0.717, 1.165) is 0 Å². The van der Waals surface area contributed by atoms with E-state index in [1.165, 1.54) is 28.1 Å². The van der Waals surface area contributed by atoms with Gasteiger partial charge in [-0.05, 0) is 94.0 Å². The average molecular weight is 1430 g/mol. The molecule has 2 fully saturated rings. The molecular weight excluding hydrogens is 1360 g/mol. The molecule has 3 N–H and O–H groups in total. The Balaban J connectivity index is 0.910. The van der Waals surface area contributed by atoms with E-state index in [1.807, 2.05) is 109 Å². The predicted molar refractivity (Wildman–Crippen MR) is 378 cm³/mol. The second kappa shape index (κ2) is 31.8. The fourth-order valence-corrected chi connectivity index (χ4v) is 13.9. The summed E-state index contributed by atoms with van der Waals surface area (Å²) in [5, 5.41) is 15.4. The van der Waals surface area contributed by atoms with Crippen molar-refractivity contribution in [3.05, 3.63) is 256 Å². The minimum absolute atomic E-state index is 0.0364. The first kappa shape index (κ1) is 71.5. The molecule has 0 radical (unpaired) electrons. The smallest absolute Gasteiger partial charge is 0.333 e. The molecule has 0 spiro atoms. The highest BCUT2D eigenvalue weighted by Crippen LogP contribution is 2.52. The number of nitrogens with zero attached hydrogens (tertiary/aromatic N) is 8. The highest BCUT2D eigenvalue weighted by Gasteiger charge is 2.55. The van der Waals surface area contributed by atoms with E-state index in [0.29, 0.717) is 61.9 Å². The average Bonchev–Trinajstić information content (AvgIpc) is 1.10. The number of carbonyl (C=O) groups is 2. The number of carbonyl (C=O) groups excluding carboxylic acids is 2. The fourth-order valence-electron chi connectivity index (χ4n) is 12.7. The number of aromatic nitrogens is 8. The summed E-state index contributed by atoms with van der Waals surface area (Å²) < 4.78 is 111. The number of nitriles is 1. The van der Waals surface area contributed by atoms with Crippen molar-refractivity contribution in [3.63, 3.8) is 0 Å². The number of hydrogen-bond donors (Lipinski definition) is 3. The van der Waals surface area contributed by atoms with E-state index >= 15 is 8.78 Å². The van der Waals surface area contributed by atoms with E-state index in [-0.39, 0.29) is 47.1 Å². The zero-order valence-corrected chi connectivity index (χ0v) is 58.0. The van der Waals surface area contributed by atoms with Gasteiger partial charge in [0.15, 0.2) is 52.9 Å². The van der Waals surface area contributed by atoms with Crippen LogP contribution in [0.2, 0.25) is 0 Å². The maximum Gasteiger partial charge on any atom is 0.333 e. The predicted octanol–water partition coefficient (Wildman–Crippen LogP) is 12.3. The van der Waals surface area contributed by atoms with Crippen LogP contribution in [0, 0.1) is 17.2 Å². The zero-order chi connectivity index (χ0) is 72.5. The summed E-state index contributed by atoms with van der Waals surface area (Å²) in [5.74, 6) is 0.535. The number of rotatable bonds is 29. The van der Waals surface area contributed by atoms with E-state index in [1.54, 1.807) is 121 Å². The van der Waals surface area contributed by atoms with Gasteiger partial charge in [-0.1, -0.05) is 141 Å². The van der Waals surface area contributed by atoms with Crippen LogP contribution < -0.4 is 35.1 Å². The molecule has 28 heteroatoms. The van der Waals surface area contributed by atoms with Crippen LogP contribution in [0.15, 0.2) is 212 Å². The molecule has 6 heterocycles. The lowest BCUT2D eigenvalue weighted by Crippen LogP contribution is -2.44. The molecule has 11 aromatic rings. The number of fused-ring (bicyclic) bond motifs is 2. The number of benzene rings is 7. The lowest BCUT2D eigenvalue weighted by molar-refractivity contribution is -0.118. The summed E-state index contributed by atoms with van der Waals surface area (Å²) in [7, 11) is 3.33. The fraction of sp³-hybridized carbons (Fsp3) is 0.276. The number of methoxy groups -OCH3 is 4. The molecule has 104 heavy (non-hydrogen) atoms. The first-order valence-electron chi connectivity index (χ1n) is 33.2. The van der Waals surface area contributed by atoms with Gasteiger partial charge in [0.25, 0.3) is 11.5 Å². The maximum absolute atomic E-state index is 19.0. The SMILES string of the molecule is COc1ccc(C(OC[C@H]2O[C@@H](n3cnc4c(=O)[nH]c(NC(=O)C(C)C)nc43)[C@H](F)[C@@H]2OP(OCCC#N)OC[C@H]2O[C@@H](n3cnc4c(NC(=O)c5ccccc5)ncnc43)[C@H](F)[C@@H]2OC(c2ccccc2)(c2ccc(OC)cc2)c2ccc(OC)cc2)(c2ccccc2)c2ccc(OC)cc2)cc1. The minimum atomic E-state index is -2.86. The maximum atomic E-state index is 19.0. The second-order valence-corrected chi connectivity index (χ2v) is 25.7. The van der Waals surface area contributed by atoms with Gasteiger partial charge in [0, 0.05) is 11.5 Å². The standard InChI is InChI=1S/C76H72F2N11O14P/c1-46(2)69(90)86-74-85-68-63(71(92)87-74)83-45-89(68)73-61(78)65(58(100-73)41-97-75(48-19-12-8-13-20-48,50-23-31-54(93-3)32-24-50)51-25-33-55(94-4)34-26-51)103-104(98-40-16-39-79)99-42-59-64(60(77)72(101-59)88-44-82-62-66(80-43-81-67(62)88)84-70(91)47-17-10-7-11-18-47)102-76(49-21-14-9-15-22-49,52-27-35-56(95-5)36-28-52)53-29-37-57(96-6)38-30-53/h7-15,17-38,43-46,58-61,64-65,72-73H,16,40-42H2,1-6H3,(H,80,81,84,91)(H2,85,86,87,90,92)/t58-,59-,60-,61-,64-,65-,72-,73-,104?/m1/s1. The van der Waals surface area contributed by atoms with Gasteiger partial charge in [-0.3, -0.25) is 33.8 Å². The lowest BCUT2D eigenvalue weighted by atomic mass is 9.79. The minimum Gasteiger partial charge on any atom is -0.497 e. The Labute approximate surface area is 596 Å². The van der Waals surface area contributed by atoms with Gasteiger partial charge in [0.05, 0.1) is 73.4 Å². The van der Waals surface area contributed by atoms with Crippen molar-refractivity contribution in [1.29, 1.82) is 5.26 Å². The van der Waals surface area contributed by atoms with Crippen LogP contribution in [0.3, 0.4) is 0 Å². The number of aromatic amines is 1. The number of imidazole rings is 2. The largest absolute Gasteiger partial charge is 0.497 e. The first-order chi connectivity index (χ1) is 50.7. The van der Waals surface area contributed by atoms with Crippen LogP contribution in [-0.4, -0.2) is 136 Å². The number of ether oxygens (including phenoxy) is 8. The summed E-state index contributed by atoms with van der Waals surface area (Å²) in [4.78, 5) is 65.2. The monoisotopic (exact) mass is 1430 g/mol. The third-order valence-electron chi connectivity index (χ3n) is 18.0. The van der Waals surface area contributed by atoms with Crippen molar-refractivity contribution in [2.75, 3.05) is 58.9 Å². The van der Waals surface area contributed by atoms with Gasteiger partial charge >= 0.3 is 8.60 Å². The van der Waals surface area contributed by atoms with Crippen LogP contribution in [0.5, 0.6) is 23.0 Å². The Hall–Kier alpha value is -10.9. The van der Waals surface area contributed by atoms with Crippen LogP contribution >= 0.6 is 8.60 Å². The third kappa shape index (κ3) is 14.5. The van der Waals surface area contributed by atoms with Crippen LogP contribution in [0.25, 0.3) is 22.3 Å². The third-order valence-corrected chi connectivity index (χ3v) is 19.2. The molecule has 0 aliphatic carbocycles. The number of anilines is 2. The Kier molecular flexibility index (Phi) is 21.8. The summed E-state index contributed by atoms with van der Waals surface area (Å²) >= 11 is 0. The van der Waals surface area contributed by atoms with Gasteiger partial charge in [0.1, 0.15) is 64.9 Å². The molecule has 0 saturated carbocycles. The van der Waals surface area contributed by atoms with Crippen LogP contribution in [0.4, 0.5) is 20.5 Å². The van der Waals surface area contributed by atoms with Crippen molar-refractivity contribution in [2.45, 2.75) is 80.7 Å². The van der Waals surface area contributed by atoms with Crippen molar-refractivity contribution in [2.24, 2.45) is 5.92 Å². The van der Waals surface area contributed by atoms with Gasteiger partial charge in [-0.15, -0.1) is 0 Å². The molecule has 2 saturated heterocycles. The highest BCUT2D eigenvalue weighted by atomic mass is 31.2. The number of hydrogen-bond acceptors (Lipinski definition) is 20. The summed E-state index contributed by atoms with van der Waals surface area (Å²) in [5.41, 5.74) is -0.137. The van der Waals surface area contributed by atoms with E-state index in [9.17, 15) is 19.6 Å². The molecule has 2 amide bonds. The molecule has 4 aromatic heterocycles. The summed E-state index contributed by atoms with van der Waals surface area (Å²) in [6.45, 7) is 1.98. The number of alkyl halides is 2. The van der Waals surface area contributed by atoms with Crippen molar-refractivity contribution >= 4 is 54.5 Å². The molecule has 0 bridgehead atoms. The Morgan fingerprint density at radius 2 is 1.06 bits per heavy atom. The highest BCUT2D eigenvalue weighted by molar-refractivity contribution is 7.41. The molecule has 1 unspecified atom stereocenters. The quantitative estimate of drug-likeness (QED) is 0.0223. The Morgan fingerprint density at radius 1 is 0.587 bits per heavy atom. The second-order valence-electron chi connectivity index (χ2n) is 24.5. The number of H-pyrrole nitrogens is 1. The number of amides is 2. The van der Waals surface area contributed by atoms with Crippen molar-refractivity contribution in [3.8, 4) is 29.1 Å². The first-order valence-corrected chi connectivity index (χ1v) is 34.3. The summed E-state index contributed by atoms with van der Waals surface area (Å²) in [6.07, 6.45) is -10.2. The van der Waals surface area contributed by atoms with Gasteiger partial charge in [0.2, 0.25) is 11.9 Å². The number of nitrogens with one attached hydrogen (secondary N) is 3. The van der Waals surface area contributed by atoms with Gasteiger partial charge in [-0.25, -0.2) is 28.7 Å². The van der Waals surface area contributed by atoms with Gasteiger partial charge < -0.3 is 56.8 Å². The molecular formula is C76H72F2N11O14P. The van der Waals surface area contributed by atoms with Crippen LogP contribution in [0.1, 0.15) is 76.5 Å². The molecule has 7 aromatic carbocycles. The molecule has 2 aliphatic rings. The molecule has 25 nitrogen and oxygen atoms in total. The lowest BCUT2D eigenvalue weighted by Gasteiger charge is -2.39. The number of halogens is 2. The van der Waals surface area contributed by atoms with E-state index < -0.39 is 106 Å². The molecule has 9 atom stereocenters. The van der Waals surface area contributed by atoms with Crippen LogP contribution in [-0.2, 0) is 48.5 Å². The Bertz CT molecular complexity index is 4760. The van der Waals surface area contributed by atoms with Gasteiger partial charge in [-0.2, -0.15) is 10.2 Å². The van der Waals surface area contributed by atoms with Crippen molar-refractivity contribution in [1.82, 2.24) is 39.0 Å². The Morgan fingerprint density at radius 3 is 1.58 bits per heavy atom. The van der Waals surface area contributed by atoms with Crippen molar-refractivity contribution < 1.29 is 69.8 Å². The zero-order valence-electron chi connectivity index (χ0n) is 57.2.